The second-order valence-corrected chi connectivity index (χ2v) is 3.90. The van der Waals surface area contributed by atoms with Crippen LogP contribution in [0.15, 0.2) is 11.5 Å². The smallest absolute Gasteiger partial charge is 1.00 e. The Morgan fingerprint density at radius 1 is 1.83 bits per heavy atom. The van der Waals surface area contributed by atoms with Gasteiger partial charge in [-0.15, -0.1) is 0 Å². The number of hydrogen-bond acceptors (Lipinski definition) is 5. The Morgan fingerprint density at radius 3 is 2.58 bits per heavy atom. The molecule has 0 atom stereocenters. The quantitative estimate of drug-likeness (QED) is 0.327. The Labute approximate surface area is 109 Å². The fourth-order valence-electron chi connectivity index (χ4n) is 0.242. The average molecular weight is 235 g/mol. The van der Waals surface area contributed by atoms with Gasteiger partial charge < -0.3 is 6.16 Å². The van der Waals surface area contributed by atoms with Gasteiger partial charge in [0, 0.05) is 5.75 Å². The summed E-state index contributed by atoms with van der Waals surface area (Å²) in [6, 6.07) is 0. The Kier molecular flexibility index (Phi) is 15.6. The zero-order valence-corrected chi connectivity index (χ0v) is 11.5. The van der Waals surface area contributed by atoms with E-state index >= 15 is 0 Å². The molecule has 3 nitrogen and oxygen atoms in total. The van der Waals surface area contributed by atoms with Crippen LogP contribution >= 0.6 is 34.4 Å². The summed E-state index contributed by atoms with van der Waals surface area (Å²) in [7, 11) is 4.96. The molecule has 0 fully saturated rings. The van der Waals surface area contributed by atoms with Crippen LogP contribution < -0.4 is 34.3 Å². The molecule has 1 heterocycles. The number of methoxy groups -OCH3 is 1. The van der Waals surface area contributed by atoms with E-state index < -0.39 is 6.09 Å². The van der Waals surface area contributed by atoms with Crippen molar-refractivity contribution in [3.05, 3.63) is 11.5 Å². The topological polar surface area (TPSA) is 38.3 Å². The summed E-state index contributed by atoms with van der Waals surface area (Å²) in [4.78, 5) is 9.77. The van der Waals surface area contributed by atoms with E-state index in [0.29, 0.717) is 0 Å². The predicted molar refractivity (Wildman–Crippen MR) is 54.8 cm³/mol. The van der Waals surface area contributed by atoms with Crippen LogP contribution in [0.1, 0.15) is 1.43 Å². The van der Waals surface area contributed by atoms with Crippen molar-refractivity contribution in [1.29, 1.82) is 0 Å². The molecule has 0 aromatic rings. The zero-order chi connectivity index (χ0) is 8.53. The number of carbonyl (C=O) groups excluding carboxylic acids is 1. The van der Waals surface area contributed by atoms with Crippen LogP contribution in [0.2, 0.25) is 0 Å². The van der Waals surface area contributed by atoms with Crippen molar-refractivity contribution < 1.29 is 40.5 Å². The number of rotatable bonds is 0. The van der Waals surface area contributed by atoms with E-state index in [2.05, 4.69) is 29.0 Å². The third-order valence-corrected chi connectivity index (χ3v) is 2.76. The number of hydrogen-bond donors (Lipinski definition) is 2. The van der Waals surface area contributed by atoms with Gasteiger partial charge in [0.15, 0.2) is 0 Å². The Hall–Kier alpha value is 1.06. The molecule has 0 aromatic heterocycles. The summed E-state index contributed by atoms with van der Waals surface area (Å²) in [5, 5.41) is 2.12. The van der Waals surface area contributed by atoms with Gasteiger partial charge in [-0.3, -0.25) is 4.72 Å². The molecule has 0 saturated carbocycles. The normalized spacial score (nSPS) is 12.2. The number of carbonyl (C=O) groups is 1. The van der Waals surface area contributed by atoms with Crippen molar-refractivity contribution in [2.45, 2.75) is 0 Å². The van der Waals surface area contributed by atoms with Crippen molar-refractivity contribution in [3.63, 3.8) is 0 Å². The molecule has 0 aliphatic carbocycles. The fraction of sp³-hybridized carbons (Fsp3) is 0.400. The summed E-state index contributed by atoms with van der Waals surface area (Å²) in [6.45, 7) is 0. The van der Waals surface area contributed by atoms with Crippen LogP contribution in [0.5, 0.6) is 0 Å². The van der Waals surface area contributed by atoms with Gasteiger partial charge in [0.05, 0.1) is 7.11 Å². The zero-order valence-electron chi connectivity index (χ0n) is 7.94. The van der Waals surface area contributed by atoms with E-state index in [1.54, 1.807) is 0 Å². The first-order chi connectivity index (χ1) is 5.31. The largest absolute Gasteiger partial charge is 1.00 e. The summed E-state index contributed by atoms with van der Waals surface area (Å²) in [6.07, 6.45) is 1.62. The van der Waals surface area contributed by atoms with Crippen molar-refractivity contribution >= 4 is 40.5 Å². The van der Waals surface area contributed by atoms with Gasteiger partial charge >= 0.3 is 35.7 Å². The minimum absolute atomic E-state index is 0. The molecule has 1 aliphatic rings. The van der Waals surface area contributed by atoms with Gasteiger partial charge in [0.25, 0.3) is 0 Å². The SMILES string of the molecule is C1=CSSC1.COC(=O)NS.[H-].[Na+]. The fourth-order valence-corrected chi connectivity index (χ4v) is 1.90. The third-order valence-electron chi connectivity index (χ3n) is 0.661. The molecule has 1 amide bonds. The summed E-state index contributed by atoms with van der Waals surface area (Å²) < 4.78 is 6.02. The number of amides is 1. The molecule has 66 valence electrons. The van der Waals surface area contributed by atoms with E-state index in [-0.39, 0.29) is 31.0 Å². The summed E-state index contributed by atoms with van der Waals surface area (Å²) in [5.41, 5.74) is 0. The molecule has 0 unspecified atom stereocenters. The Bertz CT molecular complexity index is 138. The van der Waals surface area contributed by atoms with Crippen LogP contribution in [0.4, 0.5) is 4.79 Å². The minimum Gasteiger partial charge on any atom is -1.00 e. The second kappa shape index (κ2) is 12.1. The van der Waals surface area contributed by atoms with Crippen molar-refractivity contribution in [3.8, 4) is 0 Å². The molecule has 0 bridgehead atoms. The number of nitrogens with one attached hydrogen (secondary N) is 1. The first-order valence-corrected chi connectivity index (χ1v) is 5.55. The molecule has 1 aliphatic heterocycles. The van der Waals surface area contributed by atoms with Crippen molar-refractivity contribution in [1.82, 2.24) is 4.72 Å². The first-order valence-electron chi connectivity index (χ1n) is 2.72. The molecule has 7 heteroatoms. The van der Waals surface area contributed by atoms with E-state index in [1.165, 1.54) is 12.9 Å². The third kappa shape index (κ3) is 11.1. The van der Waals surface area contributed by atoms with Crippen LogP contribution in [0.3, 0.4) is 0 Å². The first kappa shape index (κ1) is 15.5. The van der Waals surface area contributed by atoms with Crippen molar-refractivity contribution in [2.24, 2.45) is 0 Å². The molecular weight excluding hydrogens is 225 g/mol. The maximum atomic E-state index is 9.77. The minimum atomic E-state index is -0.543. The summed E-state index contributed by atoms with van der Waals surface area (Å²) >= 11 is 3.37. The van der Waals surface area contributed by atoms with Crippen LogP contribution in [-0.2, 0) is 4.74 Å². The predicted octanol–water partition coefficient (Wildman–Crippen LogP) is -0.801. The average Bonchev–Trinajstić information content (AvgIpc) is 2.60. The van der Waals surface area contributed by atoms with Crippen LogP contribution in [0, 0.1) is 0 Å². The van der Waals surface area contributed by atoms with E-state index in [0.717, 1.165) is 0 Å². The molecular formula is C5H10NNaO2S3. The van der Waals surface area contributed by atoms with Crippen molar-refractivity contribution in [2.75, 3.05) is 12.9 Å². The maximum absolute atomic E-state index is 9.77. The molecule has 0 radical (unpaired) electrons. The van der Waals surface area contributed by atoms with Gasteiger partial charge in [-0.2, -0.15) is 0 Å². The molecule has 1 rings (SSSR count). The van der Waals surface area contributed by atoms with E-state index in [1.807, 2.05) is 26.3 Å². The van der Waals surface area contributed by atoms with Gasteiger partial charge in [-0.05, 0) is 5.41 Å². The second-order valence-electron chi connectivity index (χ2n) is 1.36. The molecule has 12 heavy (non-hydrogen) atoms. The molecule has 0 aromatic carbocycles. The molecule has 1 N–H and O–H groups in total. The van der Waals surface area contributed by atoms with Gasteiger partial charge in [0.1, 0.15) is 0 Å². The van der Waals surface area contributed by atoms with E-state index in [4.69, 9.17) is 0 Å². The molecule has 0 spiro atoms. The van der Waals surface area contributed by atoms with Crippen LogP contribution in [0.25, 0.3) is 0 Å². The monoisotopic (exact) mass is 235 g/mol. The van der Waals surface area contributed by atoms with Crippen LogP contribution in [-0.4, -0.2) is 19.0 Å². The van der Waals surface area contributed by atoms with Gasteiger partial charge in [0.2, 0.25) is 0 Å². The Balaban J connectivity index is -0.000000134. The Morgan fingerprint density at radius 2 is 2.50 bits per heavy atom. The van der Waals surface area contributed by atoms with Gasteiger partial charge in [-0.1, -0.05) is 40.5 Å². The number of ether oxygens (including phenoxy) is 1. The van der Waals surface area contributed by atoms with Gasteiger partial charge in [-0.25, -0.2) is 4.79 Å². The number of thiol groups is 1. The standard InChI is InChI=1S/C3H4S2.C2H5NO2S.Na.H/c1-2-4-5-3-1;1-5-2(4)3-6;;/h1-2H,3H2;6H,1H3,(H,3,4);;/q;;+1;-1. The maximum Gasteiger partial charge on any atom is 1.00 e. The molecule has 0 saturated heterocycles. The summed E-state index contributed by atoms with van der Waals surface area (Å²) in [5.74, 6) is 1.20. The van der Waals surface area contributed by atoms with E-state index in [9.17, 15) is 4.79 Å².